The van der Waals surface area contributed by atoms with E-state index in [0.717, 1.165) is 6.20 Å². The van der Waals surface area contributed by atoms with Crippen LogP contribution in [0, 0.1) is 20.2 Å². The standard InChI is InChI=1S/C8H6N2O4/c11-9(12)5-4-7-2-1-3-8(6-7)10(13)14/h1-6H/b5-4+. The topological polar surface area (TPSA) is 86.3 Å². The third-order valence-electron chi connectivity index (χ3n) is 1.47. The van der Waals surface area contributed by atoms with E-state index < -0.39 is 9.85 Å². The van der Waals surface area contributed by atoms with Gasteiger partial charge < -0.3 is 0 Å². The Morgan fingerprint density at radius 2 is 1.93 bits per heavy atom. The van der Waals surface area contributed by atoms with Gasteiger partial charge in [0.15, 0.2) is 0 Å². The van der Waals surface area contributed by atoms with Crippen LogP contribution in [0.4, 0.5) is 5.69 Å². The van der Waals surface area contributed by atoms with Gasteiger partial charge in [0.2, 0.25) is 6.20 Å². The molecule has 0 aliphatic rings. The molecule has 0 radical (unpaired) electrons. The molecule has 0 aliphatic heterocycles. The van der Waals surface area contributed by atoms with Gasteiger partial charge >= 0.3 is 0 Å². The first-order valence-electron chi connectivity index (χ1n) is 3.66. The molecule has 0 fully saturated rings. The summed E-state index contributed by atoms with van der Waals surface area (Å²) in [4.78, 5) is 19.1. The SMILES string of the molecule is O=[N+]([O-])/C=C/c1cccc([N+](=O)[O-])c1. The molecule has 0 aromatic heterocycles. The Morgan fingerprint density at radius 3 is 2.50 bits per heavy atom. The maximum absolute atomic E-state index is 10.3. The minimum Gasteiger partial charge on any atom is -0.259 e. The molecule has 0 unspecified atom stereocenters. The zero-order chi connectivity index (χ0) is 10.6. The molecule has 1 aromatic rings. The Balaban J connectivity index is 2.94. The predicted octanol–water partition coefficient (Wildman–Crippen LogP) is 1.84. The summed E-state index contributed by atoms with van der Waals surface area (Å²) in [7, 11) is 0. The molecule has 6 nitrogen and oxygen atoms in total. The van der Waals surface area contributed by atoms with E-state index in [1.165, 1.54) is 24.3 Å². The summed E-state index contributed by atoms with van der Waals surface area (Å²) in [5.74, 6) is 0. The van der Waals surface area contributed by atoms with E-state index in [9.17, 15) is 20.2 Å². The normalized spacial score (nSPS) is 10.3. The molecule has 0 spiro atoms. The van der Waals surface area contributed by atoms with E-state index >= 15 is 0 Å². The molecule has 6 heteroatoms. The van der Waals surface area contributed by atoms with Gasteiger partial charge in [-0.1, -0.05) is 12.1 Å². The van der Waals surface area contributed by atoms with Crippen LogP contribution < -0.4 is 0 Å². The highest BCUT2D eigenvalue weighted by Crippen LogP contribution is 2.13. The molecule has 72 valence electrons. The first-order chi connectivity index (χ1) is 6.59. The Hall–Kier alpha value is -2.24. The quantitative estimate of drug-likeness (QED) is 0.542. The fourth-order valence-electron chi connectivity index (χ4n) is 0.889. The van der Waals surface area contributed by atoms with Gasteiger partial charge in [-0.3, -0.25) is 20.2 Å². The summed E-state index contributed by atoms with van der Waals surface area (Å²) in [6.45, 7) is 0. The van der Waals surface area contributed by atoms with Gasteiger partial charge in [-0.15, -0.1) is 0 Å². The lowest BCUT2D eigenvalue weighted by Gasteiger charge is -1.92. The van der Waals surface area contributed by atoms with Crippen LogP contribution in [0.5, 0.6) is 0 Å². The van der Waals surface area contributed by atoms with Crippen molar-refractivity contribution in [3.63, 3.8) is 0 Å². The van der Waals surface area contributed by atoms with Crippen LogP contribution in [-0.4, -0.2) is 9.85 Å². The molecule has 0 aliphatic carbocycles. The molecule has 0 N–H and O–H groups in total. The van der Waals surface area contributed by atoms with E-state index in [2.05, 4.69) is 0 Å². The minimum atomic E-state index is -0.626. The lowest BCUT2D eigenvalue weighted by atomic mass is 10.2. The van der Waals surface area contributed by atoms with Crippen molar-refractivity contribution in [2.24, 2.45) is 0 Å². The second-order valence-electron chi connectivity index (χ2n) is 2.45. The smallest absolute Gasteiger partial charge is 0.259 e. The second-order valence-corrected chi connectivity index (χ2v) is 2.45. The summed E-state index contributed by atoms with van der Waals surface area (Å²) in [6.07, 6.45) is 1.94. The van der Waals surface area contributed by atoms with Gasteiger partial charge in [-0.05, 0) is 5.56 Å². The van der Waals surface area contributed by atoms with Gasteiger partial charge in [0, 0.05) is 18.2 Å². The first kappa shape index (κ1) is 9.85. The average molecular weight is 194 g/mol. The van der Waals surface area contributed by atoms with Crippen LogP contribution in [-0.2, 0) is 0 Å². The lowest BCUT2D eigenvalue weighted by Crippen LogP contribution is -1.88. The van der Waals surface area contributed by atoms with E-state index in [1.54, 1.807) is 6.07 Å². The molecular weight excluding hydrogens is 188 g/mol. The van der Waals surface area contributed by atoms with Crippen LogP contribution in [0.15, 0.2) is 30.5 Å². The number of nitrogens with zero attached hydrogens (tertiary/aromatic N) is 2. The zero-order valence-electron chi connectivity index (χ0n) is 6.99. The molecule has 0 saturated carbocycles. The number of non-ortho nitro benzene ring substituents is 1. The van der Waals surface area contributed by atoms with Crippen molar-refractivity contribution in [3.05, 3.63) is 56.3 Å². The monoisotopic (exact) mass is 194 g/mol. The second kappa shape index (κ2) is 4.13. The number of nitro groups is 2. The van der Waals surface area contributed by atoms with Crippen molar-refractivity contribution in [1.82, 2.24) is 0 Å². The average Bonchev–Trinajstić information content (AvgIpc) is 2.15. The minimum absolute atomic E-state index is 0.0875. The van der Waals surface area contributed by atoms with Gasteiger partial charge in [0.05, 0.1) is 9.85 Å². The highest BCUT2D eigenvalue weighted by molar-refractivity contribution is 5.52. The molecule has 0 atom stereocenters. The van der Waals surface area contributed by atoms with Crippen molar-refractivity contribution >= 4 is 11.8 Å². The Bertz CT molecular complexity index is 400. The maximum atomic E-state index is 10.3. The lowest BCUT2D eigenvalue weighted by molar-refractivity contribution is -0.400. The largest absolute Gasteiger partial charge is 0.270 e. The molecular formula is C8H6N2O4. The van der Waals surface area contributed by atoms with Gasteiger partial charge in [0.25, 0.3) is 5.69 Å². The Morgan fingerprint density at radius 1 is 1.21 bits per heavy atom. The molecule has 0 bridgehead atoms. The number of nitro benzene ring substituents is 1. The van der Waals surface area contributed by atoms with E-state index in [0.29, 0.717) is 5.56 Å². The van der Waals surface area contributed by atoms with Crippen LogP contribution >= 0.6 is 0 Å². The highest BCUT2D eigenvalue weighted by Gasteiger charge is 2.03. The van der Waals surface area contributed by atoms with Gasteiger partial charge in [-0.25, -0.2) is 0 Å². The number of hydrogen-bond acceptors (Lipinski definition) is 4. The van der Waals surface area contributed by atoms with Gasteiger partial charge in [-0.2, -0.15) is 0 Å². The van der Waals surface area contributed by atoms with E-state index in [1.807, 2.05) is 0 Å². The summed E-state index contributed by atoms with van der Waals surface area (Å²) >= 11 is 0. The summed E-state index contributed by atoms with van der Waals surface area (Å²) in [5, 5.41) is 20.3. The van der Waals surface area contributed by atoms with Crippen molar-refractivity contribution in [3.8, 4) is 0 Å². The highest BCUT2D eigenvalue weighted by atomic mass is 16.6. The van der Waals surface area contributed by atoms with E-state index in [4.69, 9.17) is 0 Å². The fourth-order valence-corrected chi connectivity index (χ4v) is 0.889. The Kier molecular flexibility index (Phi) is 2.90. The van der Waals surface area contributed by atoms with E-state index in [-0.39, 0.29) is 5.69 Å². The van der Waals surface area contributed by atoms with Crippen LogP contribution in [0.1, 0.15) is 5.56 Å². The molecule has 0 saturated heterocycles. The molecule has 1 aromatic carbocycles. The zero-order valence-corrected chi connectivity index (χ0v) is 6.99. The van der Waals surface area contributed by atoms with Gasteiger partial charge in [0.1, 0.15) is 0 Å². The Labute approximate surface area is 78.8 Å². The van der Waals surface area contributed by atoms with Crippen molar-refractivity contribution in [1.29, 1.82) is 0 Å². The van der Waals surface area contributed by atoms with Crippen LogP contribution in [0.25, 0.3) is 6.08 Å². The van der Waals surface area contributed by atoms with Crippen molar-refractivity contribution < 1.29 is 9.85 Å². The molecule has 1 rings (SSSR count). The summed E-state index contributed by atoms with van der Waals surface area (Å²) < 4.78 is 0. The van der Waals surface area contributed by atoms with Crippen LogP contribution in [0.3, 0.4) is 0 Å². The summed E-state index contributed by atoms with van der Waals surface area (Å²) in [6, 6.07) is 5.61. The molecule has 0 amide bonds. The first-order valence-corrected chi connectivity index (χ1v) is 3.66. The molecule has 0 heterocycles. The predicted molar refractivity (Wildman–Crippen MR) is 49.1 cm³/mol. The third-order valence-corrected chi connectivity index (χ3v) is 1.47. The number of rotatable bonds is 3. The third kappa shape index (κ3) is 2.67. The summed E-state index contributed by atoms with van der Waals surface area (Å²) in [5.41, 5.74) is 0.339. The maximum Gasteiger partial charge on any atom is 0.270 e. The van der Waals surface area contributed by atoms with Crippen LogP contribution in [0.2, 0.25) is 0 Å². The number of hydrogen-bond donors (Lipinski definition) is 0. The van der Waals surface area contributed by atoms with Crippen molar-refractivity contribution in [2.45, 2.75) is 0 Å². The van der Waals surface area contributed by atoms with Crippen molar-refractivity contribution in [2.75, 3.05) is 0 Å². The fraction of sp³-hybridized carbons (Fsp3) is 0. The number of benzene rings is 1. The molecule has 14 heavy (non-hydrogen) atoms.